The maximum Gasteiger partial charge on any atom is 0.264 e. The summed E-state index contributed by atoms with van der Waals surface area (Å²) in [6.45, 7) is 1.23. The fourth-order valence-corrected chi connectivity index (χ4v) is 4.84. The number of ether oxygens (including phenoxy) is 2. The molecule has 0 aliphatic carbocycles. The van der Waals surface area contributed by atoms with E-state index in [0.29, 0.717) is 16.3 Å². The van der Waals surface area contributed by atoms with Gasteiger partial charge in [0.2, 0.25) is 5.91 Å². The zero-order valence-electron chi connectivity index (χ0n) is 18.8. The number of benzene rings is 3. The van der Waals surface area contributed by atoms with Crippen LogP contribution in [-0.2, 0) is 14.8 Å². The average molecular weight is 507 g/mol. The molecule has 10 heteroatoms. The number of halogens is 2. The highest BCUT2D eigenvalue weighted by Gasteiger charge is 2.29. The van der Waals surface area contributed by atoms with Crippen LogP contribution >= 0.6 is 11.6 Å². The van der Waals surface area contributed by atoms with Gasteiger partial charge in [-0.1, -0.05) is 23.7 Å². The Balaban J connectivity index is 1.93. The smallest absolute Gasteiger partial charge is 0.264 e. The third kappa shape index (κ3) is 5.78. The molecule has 7 nitrogen and oxygen atoms in total. The molecule has 3 rings (SSSR count). The molecule has 0 aromatic heterocycles. The van der Waals surface area contributed by atoms with Crippen molar-refractivity contribution in [3.8, 4) is 11.5 Å². The molecule has 0 aliphatic heterocycles. The zero-order valence-corrected chi connectivity index (χ0v) is 20.4. The topological polar surface area (TPSA) is 84.9 Å². The molecule has 0 bridgehead atoms. The number of hydrogen-bond acceptors (Lipinski definition) is 5. The molecule has 0 aliphatic rings. The van der Waals surface area contributed by atoms with E-state index >= 15 is 0 Å². The molecule has 3 aromatic rings. The number of rotatable bonds is 9. The van der Waals surface area contributed by atoms with E-state index < -0.39 is 34.3 Å². The number of carbonyl (C=O) groups is 1. The Morgan fingerprint density at radius 1 is 1.00 bits per heavy atom. The summed E-state index contributed by atoms with van der Waals surface area (Å²) in [6.07, 6.45) is 0. The molecular formula is C24H24ClFN2O5S. The largest absolute Gasteiger partial charge is 0.493 e. The summed E-state index contributed by atoms with van der Waals surface area (Å²) >= 11 is 5.97. The molecule has 180 valence electrons. The van der Waals surface area contributed by atoms with Crippen molar-refractivity contribution in [1.29, 1.82) is 0 Å². The molecule has 1 atom stereocenters. The van der Waals surface area contributed by atoms with Gasteiger partial charge in [-0.25, -0.2) is 12.8 Å². The van der Waals surface area contributed by atoms with Gasteiger partial charge in [0.1, 0.15) is 12.4 Å². The van der Waals surface area contributed by atoms with Gasteiger partial charge in [0.25, 0.3) is 10.0 Å². The Morgan fingerprint density at radius 3 is 2.21 bits per heavy atom. The van der Waals surface area contributed by atoms with E-state index in [4.69, 9.17) is 21.1 Å². The van der Waals surface area contributed by atoms with Gasteiger partial charge in [0.15, 0.2) is 11.5 Å². The van der Waals surface area contributed by atoms with Gasteiger partial charge in [-0.05, 0) is 61.0 Å². The number of sulfonamides is 1. The first-order valence-corrected chi connectivity index (χ1v) is 12.0. The maximum absolute atomic E-state index is 13.6. The highest BCUT2D eigenvalue weighted by atomic mass is 35.5. The second kappa shape index (κ2) is 10.8. The summed E-state index contributed by atoms with van der Waals surface area (Å²) in [4.78, 5) is 12.8. The van der Waals surface area contributed by atoms with Gasteiger partial charge in [-0.3, -0.25) is 9.10 Å². The number of nitrogens with one attached hydrogen (secondary N) is 1. The molecule has 0 saturated carbocycles. The van der Waals surface area contributed by atoms with E-state index in [1.165, 1.54) is 68.8 Å². The van der Waals surface area contributed by atoms with Gasteiger partial charge >= 0.3 is 0 Å². The normalized spacial score (nSPS) is 12.0. The summed E-state index contributed by atoms with van der Waals surface area (Å²) in [5.74, 6) is -0.340. The molecule has 1 amide bonds. The van der Waals surface area contributed by atoms with Crippen LogP contribution in [0.25, 0.3) is 0 Å². The zero-order chi connectivity index (χ0) is 24.9. The lowest BCUT2D eigenvalue weighted by molar-refractivity contribution is -0.120. The molecule has 0 spiro atoms. The van der Waals surface area contributed by atoms with Gasteiger partial charge in [-0.2, -0.15) is 0 Å². The number of amides is 1. The number of anilines is 1. The van der Waals surface area contributed by atoms with E-state index in [0.717, 1.165) is 4.31 Å². The summed E-state index contributed by atoms with van der Waals surface area (Å²) in [5.41, 5.74) is 0.930. The molecule has 0 saturated heterocycles. The average Bonchev–Trinajstić information content (AvgIpc) is 2.83. The van der Waals surface area contributed by atoms with Crippen LogP contribution in [0.15, 0.2) is 71.6 Å². The standard InChI is InChI=1S/C24H24ClFN2O5S/c1-16(17-4-8-19(26)9-5-17)27-24(29)15-28(20-10-6-18(25)7-11-20)34(30,31)21-12-13-22(32-2)23(14-21)33-3/h4-14,16H,15H2,1-3H3,(H,27,29)/t16-/m1/s1. The SMILES string of the molecule is COc1ccc(S(=O)(=O)N(CC(=O)N[C@H](C)c2ccc(F)cc2)c2ccc(Cl)cc2)cc1OC. The van der Waals surface area contributed by atoms with Crippen molar-refractivity contribution in [1.82, 2.24) is 5.32 Å². The van der Waals surface area contributed by atoms with E-state index in [1.54, 1.807) is 19.1 Å². The summed E-state index contributed by atoms with van der Waals surface area (Å²) < 4.78 is 51.8. The Kier molecular flexibility index (Phi) is 8.01. The number of carbonyl (C=O) groups excluding carboxylic acids is 1. The van der Waals surface area contributed by atoms with Crippen LogP contribution in [0, 0.1) is 5.82 Å². The number of hydrogen-bond donors (Lipinski definition) is 1. The van der Waals surface area contributed by atoms with Crippen molar-refractivity contribution in [3.05, 3.63) is 83.1 Å². The summed E-state index contributed by atoms with van der Waals surface area (Å²) in [7, 11) is -1.34. The lowest BCUT2D eigenvalue weighted by atomic mass is 10.1. The van der Waals surface area contributed by atoms with E-state index in [9.17, 15) is 17.6 Å². The van der Waals surface area contributed by atoms with Crippen LogP contribution in [0.5, 0.6) is 11.5 Å². The van der Waals surface area contributed by atoms with Crippen molar-refractivity contribution in [3.63, 3.8) is 0 Å². The lowest BCUT2D eigenvalue weighted by Crippen LogP contribution is -2.41. The second-order valence-electron chi connectivity index (χ2n) is 7.35. The summed E-state index contributed by atoms with van der Waals surface area (Å²) in [6, 6.07) is 15.5. The first-order chi connectivity index (χ1) is 16.1. The van der Waals surface area contributed by atoms with Crippen LogP contribution in [-0.4, -0.2) is 35.1 Å². The maximum atomic E-state index is 13.6. The predicted octanol–water partition coefficient (Wildman–Crippen LogP) is 4.57. The van der Waals surface area contributed by atoms with Crippen molar-refractivity contribution in [2.45, 2.75) is 17.9 Å². The monoisotopic (exact) mass is 506 g/mol. The first kappa shape index (κ1) is 25.3. The van der Waals surface area contributed by atoms with Crippen LogP contribution in [0.3, 0.4) is 0 Å². The minimum Gasteiger partial charge on any atom is -0.493 e. The van der Waals surface area contributed by atoms with E-state index in [1.807, 2.05) is 0 Å². The minimum absolute atomic E-state index is 0.0838. The van der Waals surface area contributed by atoms with Gasteiger partial charge in [0, 0.05) is 11.1 Å². The van der Waals surface area contributed by atoms with Crippen molar-refractivity contribution < 1.29 is 27.1 Å². The van der Waals surface area contributed by atoms with Gasteiger partial charge in [0.05, 0.1) is 30.8 Å². The Morgan fingerprint density at radius 2 is 1.62 bits per heavy atom. The molecular weight excluding hydrogens is 483 g/mol. The Bertz CT molecular complexity index is 1250. The van der Waals surface area contributed by atoms with Crippen molar-refractivity contribution in [2.75, 3.05) is 25.1 Å². The Labute approximate surface area is 203 Å². The summed E-state index contributed by atoms with van der Waals surface area (Å²) in [5, 5.41) is 3.17. The van der Waals surface area contributed by atoms with Crippen molar-refractivity contribution in [2.24, 2.45) is 0 Å². The van der Waals surface area contributed by atoms with Crippen molar-refractivity contribution >= 4 is 33.2 Å². The highest BCUT2D eigenvalue weighted by molar-refractivity contribution is 7.92. The highest BCUT2D eigenvalue weighted by Crippen LogP contribution is 2.32. The van der Waals surface area contributed by atoms with Crippen LogP contribution in [0.2, 0.25) is 5.02 Å². The fraction of sp³-hybridized carbons (Fsp3) is 0.208. The quantitative estimate of drug-likeness (QED) is 0.459. The number of nitrogens with zero attached hydrogens (tertiary/aromatic N) is 1. The van der Waals surface area contributed by atoms with E-state index in [-0.39, 0.29) is 16.3 Å². The van der Waals surface area contributed by atoms with Crippen LogP contribution in [0.1, 0.15) is 18.5 Å². The van der Waals surface area contributed by atoms with Crippen LogP contribution in [0.4, 0.5) is 10.1 Å². The van der Waals surface area contributed by atoms with E-state index in [2.05, 4.69) is 5.32 Å². The lowest BCUT2D eigenvalue weighted by Gasteiger charge is -2.25. The Hall–Kier alpha value is -3.30. The molecule has 0 radical (unpaired) electrons. The third-order valence-corrected chi connectivity index (χ3v) is 7.11. The molecule has 0 unspecified atom stereocenters. The molecule has 34 heavy (non-hydrogen) atoms. The molecule has 1 N–H and O–H groups in total. The molecule has 3 aromatic carbocycles. The fourth-order valence-electron chi connectivity index (χ4n) is 3.28. The van der Waals surface area contributed by atoms with Gasteiger partial charge in [-0.15, -0.1) is 0 Å². The number of methoxy groups -OCH3 is 2. The second-order valence-corrected chi connectivity index (χ2v) is 9.64. The molecule has 0 heterocycles. The first-order valence-electron chi connectivity index (χ1n) is 10.2. The third-order valence-electron chi connectivity index (χ3n) is 5.09. The molecule has 0 fully saturated rings. The van der Waals surface area contributed by atoms with Gasteiger partial charge < -0.3 is 14.8 Å². The van der Waals surface area contributed by atoms with Crippen LogP contribution < -0.4 is 19.1 Å². The predicted molar refractivity (Wildman–Crippen MR) is 128 cm³/mol. The minimum atomic E-state index is -4.18.